The zero-order chi connectivity index (χ0) is 22.0. The van der Waals surface area contributed by atoms with E-state index >= 15 is 0 Å². The summed E-state index contributed by atoms with van der Waals surface area (Å²) in [6.45, 7) is 0. The molecule has 1 atom stereocenters. The molecule has 0 aliphatic carbocycles. The Labute approximate surface area is 200 Å². The zero-order valence-corrected chi connectivity index (χ0v) is 19.2. The quantitative estimate of drug-likeness (QED) is 0.362. The van der Waals surface area contributed by atoms with Crippen molar-refractivity contribution in [3.63, 3.8) is 0 Å². The van der Waals surface area contributed by atoms with Gasteiger partial charge in [0.2, 0.25) is 5.91 Å². The number of anilines is 2. The molecule has 5 heteroatoms. The summed E-state index contributed by atoms with van der Waals surface area (Å²) in [4.78, 5) is 20.3. The summed E-state index contributed by atoms with van der Waals surface area (Å²) in [6.07, 6.45) is 4.77. The van der Waals surface area contributed by atoms with E-state index in [-0.39, 0.29) is 18.3 Å². The molecule has 0 N–H and O–H groups in total. The van der Waals surface area contributed by atoms with Crippen molar-refractivity contribution in [3.05, 3.63) is 120 Å². The van der Waals surface area contributed by atoms with Gasteiger partial charge in [0.1, 0.15) is 5.75 Å². The number of rotatable bonds is 6. The molecule has 4 aromatic rings. The minimum absolute atomic E-state index is 0. The smallest absolute Gasteiger partial charge is 0.242 e. The number of fused-ring (bicyclic) bond motifs is 1. The summed E-state index contributed by atoms with van der Waals surface area (Å²) in [6, 6.07) is 30.1. The number of hydrogen-bond donors (Lipinski definition) is 0. The fraction of sp³-hybridized carbons (Fsp3) is 0.143. The molecule has 3 aromatic carbocycles. The number of hydrogen-bond acceptors (Lipinski definition) is 3. The second-order valence-corrected chi connectivity index (χ2v) is 8.13. The fourth-order valence-electron chi connectivity index (χ4n) is 4.69. The Morgan fingerprint density at radius 1 is 0.788 bits per heavy atom. The number of carbonyl (C=O) groups is 1. The summed E-state index contributed by atoms with van der Waals surface area (Å²) in [5.74, 6) is 0.901. The lowest BCUT2D eigenvalue weighted by Gasteiger charge is -2.29. The van der Waals surface area contributed by atoms with Crippen molar-refractivity contribution >= 4 is 29.7 Å². The van der Waals surface area contributed by atoms with E-state index in [0.29, 0.717) is 12.8 Å². The molecule has 0 spiro atoms. The molecular formula is C28H25ClN2O2. The van der Waals surface area contributed by atoms with Crippen LogP contribution >= 0.6 is 12.4 Å². The Bertz CT molecular complexity index is 1230. The molecule has 0 saturated carbocycles. The van der Waals surface area contributed by atoms with Gasteiger partial charge in [-0.1, -0.05) is 48.5 Å². The van der Waals surface area contributed by atoms with Crippen molar-refractivity contribution in [2.45, 2.75) is 18.3 Å². The highest BCUT2D eigenvalue weighted by Gasteiger charge is 2.51. The van der Waals surface area contributed by atoms with Gasteiger partial charge in [0.15, 0.2) is 0 Å². The van der Waals surface area contributed by atoms with Crippen LogP contribution in [0.15, 0.2) is 103 Å². The normalized spacial score (nSPS) is 16.8. The Kier molecular flexibility index (Phi) is 6.47. The van der Waals surface area contributed by atoms with E-state index in [1.807, 2.05) is 89.8 Å². The third-order valence-electron chi connectivity index (χ3n) is 6.21. The van der Waals surface area contributed by atoms with E-state index in [2.05, 4.69) is 11.1 Å². The molecule has 0 fully saturated rings. The first-order chi connectivity index (χ1) is 15.7. The van der Waals surface area contributed by atoms with Crippen LogP contribution in [0, 0.1) is 0 Å². The average molecular weight is 457 g/mol. The summed E-state index contributed by atoms with van der Waals surface area (Å²) in [5, 5.41) is 0. The highest BCUT2D eigenvalue weighted by molar-refractivity contribution is 6.13. The van der Waals surface area contributed by atoms with Gasteiger partial charge in [-0.3, -0.25) is 14.7 Å². The predicted octanol–water partition coefficient (Wildman–Crippen LogP) is 5.91. The van der Waals surface area contributed by atoms with Gasteiger partial charge in [0.25, 0.3) is 0 Å². The number of ether oxygens (including phenoxy) is 1. The minimum Gasteiger partial charge on any atom is -0.497 e. The first-order valence-corrected chi connectivity index (χ1v) is 10.7. The van der Waals surface area contributed by atoms with Crippen LogP contribution in [-0.4, -0.2) is 18.0 Å². The van der Waals surface area contributed by atoms with Gasteiger partial charge >= 0.3 is 0 Å². The van der Waals surface area contributed by atoms with Crippen LogP contribution in [0.25, 0.3) is 0 Å². The van der Waals surface area contributed by atoms with E-state index in [1.165, 1.54) is 0 Å². The molecule has 1 amide bonds. The predicted molar refractivity (Wildman–Crippen MR) is 134 cm³/mol. The van der Waals surface area contributed by atoms with Crippen LogP contribution in [0.5, 0.6) is 5.75 Å². The molecule has 0 saturated heterocycles. The molecule has 0 radical (unpaired) electrons. The molecule has 5 rings (SSSR count). The second kappa shape index (κ2) is 9.47. The summed E-state index contributed by atoms with van der Waals surface area (Å²) in [7, 11) is 1.66. The van der Waals surface area contributed by atoms with Crippen LogP contribution in [0.4, 0.5) is 11.4 Å². The number of halogens is 1. The number of benzene rings is 3. The zero-order valence-electron chi connectivity index (χ0n) is 18.3. The Morgan fingerprint density at radius 3 is 2.06 bits per heavy atom. The van der Waals surface area contributed by atoms with Crippen molar-refractivity contribution in [1.82, 2.24) is 4.98 Å². The topological polar surface area (TPSA) is 42.4 Å². The molecule has 4 nitrogen and oxygen atoms in total. The Hall–Kier alpha value is -3.63. The standard InChI is InChI=1S/C28H24N2O2.ClH/c1-32-24-13-11-21(12-14-24)19-28(20-22-15-17-29-18-16-22)25-9-5-6-10-26(25)30(27(28)31)23-7-3-2-4-8-23;/h2-18H,19-20H2,1H3;1H. The summed E-state index contributed by atoms with van der Waals surface area (Å²) >= 11 is 0. The maximum atomic E-state index is 14.3. The average Bonchev–Trinajstić information content (AvgIpc) is 3.08. The highest BCUT2D eigenvalue weighted by Crippen LogP contribution is 2.48. The largest absolute Gasteiger partial charge is 0.497 e. The van der Waals surface area contributed by atoms with Gasteiger partial charge in [0, 0.05) is 18.1 Å². The Balaban J connectivity index is 0.00000259. The van der Waals surface area contributed by atoms with E-state index in [4.69, 9.17) is 4.74 Å². The second-order valence-electron chi connectivity index (χ2n) is 8.13. The van der Waals surface area contributed by atoms with Crippen molar-refractivity contribution in [2.75, 3.05) is 12.0 Å². The van der Waals surface area contributed by atoms with Gasteiger partial charge in [-0.15, -0.1) is 12.4 Å². The summed E-state index contributed by atoms with van der Waals surface area (Å²) in [5.41, 5.74) is 4.36. The van der Waals surface area contributed by atoms with E-state index < -0.39 is 5.41 Å². The molecule has 1 aliphatic heterocycles. The van der Waals surface area contributed by atoms with Gasteiger partial charge in [-0.05, 0) is 72.0 Å². The number of amides is 1. The molecule has 33 heavy (non-hydrogen) atoms. The van der Waals surface area contributed by atoms with E-state index in [0.717, 1.165) is 33.8 Å². The highest BCUT2D eigenvalue weighted by atomic mass is 35.5. The van der Waals surface area contributed by atoms with E-state index in [1.54, 1.807) is 19.5 Å². The lowest BCUT2D eigenvalue weighted by atomic mass is 9.72. The van der Waals surface area contributed by atoms with Crippen molar-refractivity contribution in [2.24, 2.45) is 0 Å². The lowest BCUT2D eigenvalue weighted by Crippen LogP contribution is -2.42. The van der Waals surface area contributed by atoms with Crippen LogP contribution in [0.1, 0.15) is 16.7 Å². The molecule has 1 aromatic heterocycles. The third-order valence-corrected chi connectivity index (χ3v) is 6.21. The molecule has 1 unspecified atom stereocenters. The number of pyridine rings is 1. The maximum absolute atomic E-state index is 14.3. The lowest BCUT2D eigenvalue weighted by molar-refractivity contribution is -0.122. The number of methoxy groups -OCH3 is 1. The Morgan fingerprint density at radius 2 is 1.39 bits per heavy atom. The fourth-order valence-corrected chi connectivity index (χ4v) is 4.69. The van der Waals surface area contributed by atoms with Gasteiger partial charge in [0.05, 0.1) is 18.2 Å². The van der Waals surface area contributed by atoms with Crippen molar-refractivity contribution < 1.29 is 9.53 Å². The number of carbonyl (C=O) groups excluding carboxylic acids is 1. The molecule has 0 bridgehead atoms. The number of para-hydroxylation sites is 2. The van der Waals surface area contributed by atoms with E-state index in [9.17, 15) is 4.79 Å². The maximum Gasteiger partial charge on any atom is 0.242 e. The third kappa shape index (κ3) is 4.10. The van der Waals surface area contributed by atoms with Crippen LogP contribution in [0.2, 0.25) is 0 Å². The minimum atomic E-state index is -0.720. The van der Waals surface area contributed by atoms with Crippen LogP contribution in [-0.2, 0) is 23.1 Å². The van der Waals surface area contributed by atoms with Gasteiger partial charge < -0.3 is 4.74 Å². The van der Waals surface area contributed by atoms with Crippen LogP contribution < -0.4 is 9.64 Å². The molecular weight excluding hydrogens is 432 g/mol. The van der Waals surface area contributed by atoms with Crippen molar-refractivity contribution in [1.29, 1.82) is 0 Å². The molecule has 1 aliphatic rings. The summed E-state index contributed by atoms with van der Waals surface area (Å²) < 4.78 is 5.33. The van der Waals surface area contributed by atoms with Gasteiger partial charge in [-0.25, -0.2) is 0 Å². The van der Waals surface area contributed by atoms with Crippen LogP contribution in [0.3, 0.4) is 0 Å². The molecule has 166 valence electrons. The first-order valence-electron chi connectivity index (χ1n) is 10.7. The SMILES string of the molecule is COc1ccc(CC2(Cc3ccncc3)C(=O)N(c3ccccc3)c3ccccc32)cc1.Cl. The first kappa shape index (κ1) is 22.6. The number of nitrogens with zero attached hydrogens (tertiary/aromatic N) is 2. The van der Waals surface area contributed by atoms with Gasteiger partial charge in [-0.2, -0.15) is 0 Å². The number of aromatic nitrogens is 1. The van der Waals surface area contributed by atoms with Crippen molar-refractivity contribution in [3.8, 4) is 5.75 Å². The molecule has 2 heterocycles. The monoisotopic (exact) mass is 456 g/mol.